The van der Waals surface area contributed by atoms with E-state index in [0.717, 1.165) is 23.6 Å². The summed E-state index contributed by atoms with van der Waals surface area (Å²) in [6.45, 7) is 2.90. The molecule has 2 rings (SSSR count). The zero-order valence-electron chi connectivity index (χ0n) is 8.72. The molecule has 0 N–H and O–H groups in total. The van der Waals surface area contributed by atoms with Gasteiger partial charge >= 0.3 is 0 Å². The third kappa shape index (κ3) is 2.07. The average molecular weight is 218 g/mol. The standard InChI is InChI=1S/C12H14N2S/c1-10-13-11-6-2-3-7-12(11)14(10)8-4-5-9-15/h2-7,15H,8-9H2,1H3. The Hall–Kier alpha value is -1.22. The Labute approximate surface area is 95.0 Å². The van der Waals surface area contributed by atoms with Crippen molar-refractivity contribution in [1.29, 1.82) is 0 Å². The predicted octanol–water partition coefficient (Wildman–Crippen LogP) is 2.83. The van der Waals surface area contributed by atoms with E-state index < -0.39 is 0 Å². The Balaban J connectivity index is 2.40. The summed E-state index contributed by atoms with van der Waals surface area (Å²) in [7, 11) is 0. The molecule has 0 saturated heterocycles. The molecule has 15 heavy (non-hydrogen) atoms. The maximum absolute atomic E-state index is 4.50. The number of aryl methyl sites for hydroxylation is 1. The number of imidazole rings is 1. The van der Waals surface area contributed by atoms with E-state index in [2.05, 4.69) is 40.4 Å². The van der Waals surface area contributed by atoms with Crippen LogP contribution in [0.2, 0.25) is 0 Å². The Kier molecular flexibility index (Phi) is 3.11. The highest BCUT2D eigenvalue weighted by molar-refractivity contribution is 7.80. The number of hydrogen-bond donors (Lipinski definition) is 1. The van der Waals surface area contributed by atoms with E-state index in [-0.39, 0.29) is 0 Å². The molecule has 1 heterocycles. The number of rotatable bonds is 3. The lowest BCUT2D eigenvalue weighted by Crippen LogP contribution is -1.97. The van der Waals surface area contributed by atoms with Crippen LogP contribution in [0.5, 0.6) is 0 Å². The molecule has 0 spiro atoms. The van der Waals surface area contributed by atoms with E-state index in [1.807, 2.05) is 25.1 Å². The van der Waals surface area contributed by atoms with Gasteiger partial charge in [-0.1, -0.05) is 24.3 Å². The van der Waals surface area contributed by atoms with Crippen molar-refractivity contribution in [3.63, 3.8) is 0 Å². The van der Waals surface area contributed by atoms with Crippen LogP contribution in [0.25, 0.3) is 11.0 Å². The highest BCUT2D eigenvalue weighted by Crippen LogP contribution is 2.15. The highest BCUT2D eigenvalue weighted by atomic mass is 32.1. The topological polar surface area (TPSA) is 17.8 Å². The minimum absolute atomic E-state index is 0.783. The quantitative estimate of drug-likeness (QED) is 0.619. The van der Waals surface area contributed by atoms with Gasteiger partial charge in [-0.3, -0.25) is 0 Å². The molecule has 0 atom stereocenters. The Bertz CT molecular complexity index is 485. The summed E-state index contributed by atoms with van der Waals surface area (Å²) in [5.74, 6) is 1.84. The molecule has 0 aliphatic carbocycles. The highest BCUT2D eigenvalue weighted by Gasteiger charge is 2.03. The molecule has 1 aromatic carbocycles. The van der Waals surface area contributed by atoms with Crippen molar-refractivity contribution < 1.29 is 0 Å². The molecule has 78 valence electrons. The zero-order chi connectivity index (χ0) is 10.7. The molecule has 0 aliphatic rings. The van der Waals surface area contributed by atoms with Crippen molar-refractivity contribution >= 4 is 23.7 Å². The summed E-state index contributed by atoms with van der Waals surface area (Å²) in [6, 6.07) is 8.20. The molecule has 0 bridgehead atoms. The van der Waals surface area contributed by atoms with Gasteiger partial charge in [0, 0.05) is 12.3 Å². The third-order valence-corrected chi connectivity index (χ3v) is 2.62. The second-order valence-corrected chi connectivity index (χ2v) is 3.78. The summed E-state index contributed by atoms with van der Waals surface area (Å²) in [5, 5.41) is 0. The minimum Gasteiger partial charge on any atom is -0.324 e. The van der Waals surface area contributed by atoms with Gasteiger partial charge in [0.25, 0.3) is 0 Å². The first-order valence-corrected chi connectivity index (χ1v) is 5.64. The van der Waals surface area contributed by atoms with Crippen LogP contribution in [0.4, 0.5) is 0 Å². The number of allylic oxidation sites excluding steroid dienone is 1. The maximum atomic E-state index is 4.50. The molecule has 0 saturated carbocycles. The first kappa shape index (κ1) is 10.3. The summed E-state index contributed by atoms with van der Waals surface area (Å²) in [4.78, 5) is 4.50. The number of thiol groups is 1. The van der Waals surface area contributed by atoms with Crippen molar-refractivity contribution in [2.45, 2.75) is 13.5 Å². The van der Waals surface area contributed by atoms with Crippen LogP contribution in [-0.4, -0.2) is 15.3 Å². The van der Waals surface area contributed by atoms with Gasteiger partial charge < -0.3 is 4.57 Å². The van der Waals surface area contributed by atoms with Crippen molar-refractivity contribution in [1.82, 2.24) is 9.55 Å². The summed E-state index contributed by atoms with van der Waals surface area (Å²) < 4.78 is 2.20. The van der Waals surface area contributed by atoms with Crippen molar-refractivity contribution in [2.24, 2.45) is 0 Å². The molecule has 2 aromatic rings. The van der Waals surface area contributed by atoms with Crippen molar-refractivity contribution in [3.8, 4) is 0 Å². The SMILES string of the molecule is Cc1nc2ccccc2n1CC=CCS. The van der Waals surface area contributed by atoms with E-state index in [1.165, 1.54) is 5.52 Å². The summed E-state index contributed by atoms with van der Waals surface area (Å²) >= 11 is 4.14. The van der Waals surface area contributed by atoms with E-state index in [0.29, 0.717) is 0 Å². The molecule has 0 radical (unpaired) electrons. The smallest absolute Gasteiger partial charge is 0.107 e. The van der Waals surface area contributed by atoms with E-state index in [1.54, 1.807) is 0 Å². The number of para-hydroxylation sites is 2. The zero-order valence-corrected chi connectivity index (χ0v) is 9.61. The fourth-order valence-electron chi connectivity index (χ4n) is 1.68. The Morgan fingerprint density at radius 1 is 1.33 bits per heavy atom. The molecule has 0 unspecified atom stereocenters. The maximum Gasteiger partial charge on any atom is 0.107 e. The second-order valence-electron chi connectivity index (χ2n) is 3.41. The number of fused-ring (bicyclic) bond motifs is 1. The summed E-state index contributed by atoms with van der Waals surface area (Å²) in [6.07, 6.45) is 4.17. The van der Waals surface area contributed by atoms with Gasteiger partial charge in [-0.15, -0.1) is 0 Å². The molecule has 0 fully saturated rings. The molecule has 0 amide bonds. The third-order valence-electron chi connectivity index (χ3n) is 2.41. The molecule has 1 aromatic heterocycles. The average Bonchev–Trinajstić information content (AvgIpc) is 2.56. The first-order valence-electron chi connectivity index (χ1n) is 5.00. The molecule has 3 heteroatoms. The van der Waals surface area contributed by atoms with Gasteiger partial charge in [0.1, 0.15) is 5.82 Å². The van der Waals surface area contributed by atoms with Crippen LogP contribution in [0.3, 0.4) is 0 Å². The Morgan fingerprint density at radius 2 is 2.13 bits per heavy atom. The summed E-state index contributed by atoms with van der Waals surface area (Å²) in [5.41, 5.74) is 2.26. The van der Waals surface area contributed by atoms with Gasteiger partial charge in [-0.05, 0) is 19.1 Å². The van der Waals surface area contributed by atoms with Crippen LogP contribution >= 0.6 is 12.6 Å². The van der Waals surface area contributed by atoms with Gasteiger partial charge in [0.2, 0.25) is 0 Å². The fraction of sp³-hybridized carbons (Fsp3) is 0.250. The van der Waals surface area contributed by atoms with Gasteiger partial charge in [0.05, 0.1) is 11.0 Å². The van der Waals surface area contributed by atoms with Crippen molar-refractivity contribution in [2.75, 3.05) is 5.75 Å². The molecule has 0 aliphatic heterocycles. The van der Waals surface area contributed by atoms with Gasteiger partial charge in [-0.25, -0.2) is 4.98 Å². The minimum atomic E-state index is 0.783. The van der Waals surface area contributed by atoms with Gasteiger partial charge in [-0.2, -0.15) is 12.6 Å². The number of aromatic nitrogens is 2. The van der Waals surface area contributed by atoms with Crippen LogP contribution in [-0.2, 0) is 6.54 Å². The molecule has 2 nitrogen and oxygen atoms in total. The fourth-order valence-corrected chi connectivity index (χ4v) is 1.83. The predicted molar refractivity (Wildman–Crippen MR) is 67.5 cm³/mol. The number of nitrogens with zero attached hydrogens (tertiary/aromatic N) is 2. The van der Waals surface area contributed by atoms with Crippen LogP contribution in [0.1, 0.15) is 5.82 Å². The molecular formula is C12H14N2S. The van der Waals surface area contributed by atoms with Gasteiger partial charge in [0.15, 0.2) is 0 Å². The van der Waals surface area contributed by atoms with Crippen molar-refractivity contribution in [3.05, 3.63) is 42.2 Å². The lowest BCUT2D eigenvalue weighted by molar-refractivity contribution is 0.805. The lowest BCUT2D eigenvalue weighted by atomic mass is 10.3. The number of hydrogen-bond acceptors (Lipinski definition) is 2. The van der Waals surface area contributed by atoms with Crippen LogP contribution in [0.15, 0.2) is 36.4 Å². The number of benzene rings is 1. The van der Waals surface area contributed by atoms with E-state index >= 15 is 0 Å². The largest absolute Gasteiger partial charge is 0.324 e. The first-order chi connectivity index (χ1) is 7.33. The van der Waals surface area contributed by atoms with E-state index in [4.69, 9.17) is 0 Å². The van der Waals surface area contributed by atoms with Crippen LogP contribution < -0.4 is 0 Å². The Morgan fingerprint density at radius 3 is 2.93 bits per heavy atom. The van der Waals surface area contributed by atoms with Crippen LogP contribution in [0, 0.1) is 6.92 Å². The normalized spacial score (nSPS) is 11.6. The lowest BCUT2D eigenvalue weighted by Gasteiger charge is -2.01. The second kappa shape index (κ2) is 4.53. The van der Waals surface area contributed by atoms with E-state index in [9.17, 15) is 0 Å². The monoisotopic (exact) mass is 218 g/mol. The molecular weight excluding hydrogens is 204 g/mol.